The second kappa shape index (κ2) is 5.15. The zero-order chi connectivity index (χ0) is 13.2. The van der Waals surface area contributed by atoms with E-state index in [9.17, 15) is 4.79 Å². The predicted molar refractivity (Wildman–Crippen MR) is 74.0 cm³/mol. The Morgan fingerprint density at radius 2 is 1.84 bits per heavy atom. The number of hydrogen-bond acceptors (Lipinski definition) is 3. The summed E-state index contributed by atoms with van der Waals surface area (Å²) < 4.78 is 3.27. The van der Waals surface area contributed by atoms with Crippen LogP contribution in [0.15, 0.2) is 17.2 Å². The minimum atomic E-state index is -0.0522. The van der Waals surface area contributed by atoms with Crippen molar-refractivity contribution >= 4 is 10.9 Å². The van der Waals surface area contributed by atoms with Crippen LogP contribution < -0.4 is 5.56 Å². The number of fused-ring (bicyclic) bond motifs is 1. The lowest BCUT2D eigenvalue weighted by Gasteiger charge is -2.14. The van der Waals surface area contributed by atoms with Crippen LogP contribution in [0.1, 0.15) is 38.5 Å². The fraction of sp³-hybridized carbons (Fsp3) is 0.643. The summed E-state index contributed by atoms with van der Waals surface area (Å²) in [5.41, 5.74) is 0.644. The molecule has 0 N–H and O–H groups in total. The lowest BCUT2D eigenvalue weighted by Crippen LogP contribution is -2.23. The first-order chi connectivity index (χ1) is 9.25. The molecule has 2 aromatic heterocycles. The summed E-state index contributed by atoms with van der Waals surface area (Å²) in [6.45, 7) is 0.864. The monoisotopic (exact) mass is 260 g/mol. The molecule has 0 unspecified atom stereocenters. The van der Waals surface area contributed by atoms with Crippen molar-refractivity contribution in [3.8, 4) is 0 Å². The van der Waals surface area contributed by atoms with Crippen LogP contribution in [0.3, 0.4) is 0 Å². The average Bonchev–Trinajstić information content (AvgIpc) is 2.63. The van der Waals surface area contributed by atoms with Gasteiger partial charge in [-0.3, -0.25) is 9.48 Å². The second-order valence-electron chi connectivity index (χ2n) is 5.56. The Labute approximate surface area is 112 Å². The third kappa shape index (κ3) is 2.41. The Morgan fingerprint density at radius 3 is 2.58 bits per heavy atom. The molecule has 0 bridgehead atoms. The van der Waals surface area contributed by atoms with E-state index in [1.165, 1.54) is 43.2 Å². The average molecular weight is 260 g/mol. The minimum absolute atomic E-state index is 0.0522. The van der Waals surface area contributed by atoms with Crippen molar-refractivity contribution in [3.63, 3.8) is 0 Å². The minimum Gasteiger partial charge on any atom is -0.265 e. The van der Waals surface area contributed by atoms with Crippen LogP contribution >= 0.6 is 0 Å². The first kappa shape index (κ1) is 12.4. The Hall–Kier alpha value is -1.65. The van der Waals surface area contributed by atoms with Gasteiger partial charge in [-0.25, -0.2) is 4.68 Å². The molecule has 2 heterocycles. The lowest BCUT2D eigenvalue weighted by molar-refractivity contribution is 0.381. The molecule has 0 aromatic carbocycles. The molecule has 2 aromatic rings. The highest BCUT2D eigenvalue weighted by molar-refractivity contribution is 5.76. The SMILES string of the molecule is Cn1ncc2cnn(CC3CCCCCC3)c2c1=O. The molecule has 1 saturated carbocycles. The Kier molecular flexibility index (Phi) is 3.36. The molecule has 19 heavy (non-hydrogen) atoms. The van der Waals surface area contributed by atoms with Gasteiger partial charge in [0.15, 0.2) is 0 Å². The fourth-order valence-electron chi connectivity index (χ4n) is 3.01. The maximum Gasteiger partial charge on any atom is 0.292 e. The third-order valence-electron chi connectivity index (χ3n) is 4.14. The van der Waals surface area contributed by atoms with Gasteiger partial charge in [0.05, 0.1) is 12.4 Å². The molecule has 0 saturated heterocycles. The lowest BCUT2D eigenvalue weighted by atomic mass is 10.0. The van der Waals surface area contributed by atoms with Gasteiger partial charge in [-0.15, -0.1) is 0 Å². The second-order valence-corrected chi connectivity index (χ2v) is 5.56. The van der Waals surface area contributed by atoms with E-state index in [2.05, 4.69) is 10.2 Å². The van der Waals surface area contributed by atoms with E-state index in [-0.39, 0.29) is 5.56 Å². The molecule has 5 heteroatoms. The summed E-state index contributed by atoms with van der Waals surface area (Å²) in [6, 6.07) is 0. The van der Waals surface area contributed by atoms with Crippen LogP contribution in [0, 0.1) is 5.92 Å². The van der Waals surface area contributed by atoms with Crippen LogP contribution in [0.25, 0.3) is 10.9 Å². The molecular formula is C14H20N4O. The van der Waals surface area contributed by atoms with Gasteiger partial charge in [-0.2, -0.15) is 10.2 Å². The molecule has 3 rings (SSSR count). The van der Waals surface area contributed by atoms with Gasteiger partial charge in [0.2, 0.25) is 0 Å². The van der Waals surface area contributed by atoms with E-state index in [1.54, 1.807) is 19.4 Å². The van der Waals surface area contributed by atoms with Gasteiger partial charge in [0.25, 0.3) is 5.56 Å². The zero-order valence-electron chi connectivity index (χ0n) is 11.4. The summed E-state index contributed by atoms with van der Waals surface area (Å²) >= 11 is 0. The van der Waals surface area contributed by atoms with Gasteiger partial charge >= 0.3 is 0 Å². The molecular weight excluding hydrogens is 240 g/mol. The van der Waals surface area contributed by atoms with E-state index in [0.29, 0.717) is 11.4 Å². The number of nitrogens with zero attached hydrogens (tertiary/aromatic N) is 4. The molecule has 0 spiro atoms. The normalized spacial score (nSPS) is 17.7. The largest absolute Gasteiger partial charge is 0.292 e. The topological polar surface area (TPSA) is 52.7 Å². The fourth-order valence-corrected chi connectivity index (χ4v) is 3.01. The van der Waals surface area contributed by atoms with Gasteiger partial charge < -0.3 is 0 Å². The predicted octanol–water partition coefficient (Wildman–Crippen LogP) is 2.10. The number of hydrogen-bond donors (Lipinski definition) is 0. The summed E-state index contributed by atoms with van der Waals surface area (Å²) in [6.07, 6.45) is 11.3. The van der Waals surface area contributed by atoms with Gasteiger partial charge in [-0.1, -0.05) is 25.7 Å². The molecule has 0 radical (unpaired) electrons. The maximum absolute atomic E-state index is 12.2. The van der Waals surface area contributed by atoms with Crippen molar-refractivity contribution in [2.45, 2.75) is 45.1 Å². The van der Waals surface area contributed by atoms with Crippen molar-refractivity contribution in [1.29, 1.82) is 0 Å². The third-order valence-corrected chi connectivity index (χ3v) is 4.14. The van der Waals surface area contributed by atoms with Crippen LogP contribution in [-0.2, 0) is 13.6 Å². The van der Waals surface area contributed by atoms with Crippen molar-refractivity contribution in [3.05, 3.63) is 22.7 Å². The molecule has 1 fully saturated rings. The Morgan fingerprint density at radius 1 is 1.16 bits per heavy atom. The van der Waals surface area contributed by atoms with Gasteiger partial charge in [0, 0.05) is 19.0 Å². The smallest absolute Gasteiger partial charge is 0.265 e. The van der Waals surface area contributed by atoms with Crippen LogP contribution in [0.4, 0.5) is 0 Å². The van der Waals surface area contributed by atoms with E-state index in [1.807, 2.05) is 4.68 Å². The van der Waals surface area contributed by atoms with E-state index in [0.717, 1.165) is 11.9 Å². The van der Waals surface area contributed by atoms with E-state index >= 15 is 0 Å². The van der Waals surface area contributed by atoms with Gasteiger partial charge in [0.1, 0.15) is 5.52 Å². The van der Waals surface area contributed by atoms with Crippen molar-refractivity contribution in [2.24, 2.45) is 13.0 Å². The number of aromatic nitrogens is 4. The van der Waals surface area contributed by atoms with Crippen LogP contribution in [0.5, 0.6) is 0 Å². The molecule has 0 aliphatic heterocycles. The summed E-state index contributed by atoms with van der Waals surface area (Å²) in [5.74, 6) is 0.656. The summed E-state index contributed by atoms with van der Waals surface area (Å²) in [4.78, 5) is 12.2. The molecule has 0 amide bonds. The van der Waals surface area contributed by atoms with Gasteiger partial charge in [-0.05, 0) is 18.8 Å². The Balaban J connectivity index is 1.92. The highest BCUT2D eigenvalue weighted by Crippen LogP contribution is 2.24. The highest BCUT2D eigenvalue weighted by Gasteiger charge is 2.16. The molecule has 102 valence electrons. The first-order valence-corrected chi connectivity index (χ1v) is 7.13. The van der Waals surface area contributed by atoms with E-state index in [4.69, 9.17) is 0 Å². The summed E-state index contributed by atoms with van der Waals surface area (Å²) in [7, 11) is 1.69. The molecule has 0 atom stereocenters. The van der Waals surface area contributed by atoms with E-state index < -0.39 is 0 Å². The summed E-state index contributed by atoms with van der Waals surface area (Å²) in [5, 5.41) is 9.26. The standard InChI is InChI=1S/C14H20N4O/c1-17-14(19)13-12(8-15-17)9-16-18(13)10-11-6-4-2-3-5-7-11/h8-9,11H,2-7,10H2,1H3. The Bertz CT molecular complexity index is 620. The quantitative estimate of drug-likeness (QED) is 0.777. The van der Waals surface area contributed by atoms with Crippen molar-refractivity contribution < 1.29 is 0 Å². The van der Waals surface area contributed by atoms with Crippen LogP contribution in [-0.4, -0.2) is 19.6 Å². The number of aryl methyl sites for hydroxylation is 1. The van der Waals surface area contributed by atoms with Crippen molar-refractivity contribution in [1.82, 2.24) is 19.6 Å². The maximum atomic E-state index is 12.2. The molecule has 5 nitrogen and oxygen atoms in total. The van der Waals surface area contributed by atoms with Crippen molar-refractivity contribution in [2.75, 3.05) is 0 Å². The zero-order valence-corrected chi connectivity index (χ0v) is 11.4. The molecule has 1 aliphatic rings. The number of rotatable bonds is 2. The molecule has 1 aliphatic carbocycles. The first-order valence-electron chi connectivity index (χ1n) is 7.13. The van der Waals surface area contributed by atoms with Crippen LogP contribution in [0.2, 0.25) is 0 Å². The highest BCUT2D eigenvalue weighted by atomic mass is 16.1.